The van der Waals surface area contributed by atoms with E-state index in [0.717, 1.165) is 6.07 Å². The number of amides is 2. The summed E-state index contributed by atoms with van der Waals surface area (Å²) in [5.41, 5.74) is 0.196. The molecule has 11 heteroatoms. The first-order chi connectivity index (χ1) is 13.0. The normalized spacial score (nSPS) is 10.6. The Hall–Kier alpha value is -3.27. The fraction of sp³-hybridized carbons (Fsp3) is 0.188. The van der Waals surface area contributed by atoms with Crippen molar-refractivity contribution in [1.29, 1.82) is 0 Å². The van der Waals surface area contributed by atoms with Gasteiger partial charge in [0.1, 0.15) is 12.4 Å². The zero-order valence-corrected chi connectivity index (χ0v) is 14.6. The van der Waals surface area contributed by atoms with Crippen LogP contribution in [0.2, 0.25) is 5.02 Å². The number of aromatic nitrogens is 4. The number of hydrogen-bond acceptors (Lipinski definition) is 6. The number of nitrogens with one attached hydrogen (secondary N) is 2. The highest BCUT2D eigenvalue weighted by Crippen LogP contribution is 2.06. The largest absolute Gasteiger partial charge is 0.350 e. The molecule has 3 rings (SSSR count). The van der Waals surface area contributed by atoms with Gasteiger partial charge in [0.25, 0.3) is 5.91 Å². The molecule has 0 spiro atoms. The summed E-state index contributed by atoms with van der Waals surface area (Å²) in [5.74, 6) is -1.46. The van der Waals surface area contributed by atoms with E-state index in [0.29, 0.717) is 5.02 Å². The van der Waals surface area contributed by atoms with Crippen LogP contribution in [-0.4, -0.2) is 44.8 Å². The lowest BCUT2D eigenvalue weighted by Crippen LogP contribution is -2.34. The minimum Gasteiger partial charge on any atom is -0.350 e. The fourth-order valence-electron chi connectivity index (χ4n) is 2.14. The van der Waals surface area contributed by atoms with Crippen molar-refractivity contribution in [3.8, 4) is 0 Å². The van der Waals surface area contributed by atoms with Gasteiger partial charge in [0.15, 0.2) is 5.82 Å². The first-order valence-corrected chi connectivity index (χ1v) is 8.21. The van der Waals surface area contributed by atoms with Gasteiger partial charge in [-0.25, -0.2) is 4.39 Å². The highest BCUT2D eigenvalue weighted by molar-refractivity contribution is 6.30. The van der Waals surface area contributed by atoms with Crippen molar-refractivity contribution in [2.75, 3.05) is 13.1 Å². The summed E-state index contributed by atoms with van der Waals surface area (Å²) in [7, 11) is 0. The topological polar surface area (TPSA) is 115 Å². The summed E-state index contributed by atoms with van der Waals surface area (Å²) < 4.78 is 19.5. The Morgan fingerprint density at radius 2 is 2.00 bits per heavy atom. The molecule has 27 heavy (non-hydrogen) atoms. The Morgan fingerprint density at radius 1 is 1.22 bits per heavy atom. The van der Waals surface area contributed by atoms with Crippen LogP contribution in [-0.2, 0) is 6.54 Å². The third-order valence-electron chi connectivity index (χ3n) is 3.35. The van der Waals surface area contributed by atoms with Crippen molar-refractivity contribution in [3.05, 3.63) is 64.8 Å². The van der Waals surface area contributed by atoms with Crippen LogP contribution in [0.3, 0.4) is 0 Å². The van der Waals surface area contributed by atoms with E-state index >= 15 is 0 Å². The van der Waals surface area contributed by atoms with Gasteiger partial charge in [-0.1, -0.05) is 22.8 Å². The summed E-state index contributed by atoms with van der Waals surface area (Å²) in [4.78, 5) is 27.8. The Kier molecular flexibility index (Phi) is 5.77. The molecular formula is C16H14ClFN6O3. The Labute approximate surface area is 157 Å². The maximum Gasteiger partial charge on any atom is 0.316 e. The molecule has 2 N–H and O–H groups in total. The molecule has 0 aliphatic carbocycles. The molecule has 140 valence electrons. The van der Waals surface area contributed by atoms with Gasteiger partial charge in [-0.15, -0.1) is 0 Å². The second-order valence-electron chi connectivity index (χ2n) is 5.39. The SMILES string of the molecule is O=C(NCCNC(=O)c1nc(Cn2cc(Cl)cn2)no1)c1cccc(F)c1. The number of benzene rings is 1. The average molecular weight is 393 g/mol. The van der Waals surface area contributed by atoms with Crippen molar-refractivity contribution in [1.82, 2.24) is 30.6 Å². The molecule has 9 nitrogen and oxygen atoms in total. The third kappa shape index (κ3) is 5.11. The first-order valence-electron chi connectivity index (χ1n) is 7.84. The molecule has 2 heterocycles. The van der Waals surface area contributed by atoms with Crippen LogP contribution >= 0.6 is 11.6 Å². The fourth-order valence-corrected chi connectivity index (χ4v) is 2.30. The van der Waals surface area contributed by atoms with Crippen molar-refractivity contribution >= 4 is 23.4 Å². The summed E-state index contributed by atoms with van der Waals surface area (Å²) in [6.07, 6.45) is 3.05. The van der Waals surface area contributed by atoms with E-state index in [9.17, 15) is 14.0 Å². The summed E-state index contributed by atoms with van der Waals surface area (Å²) in [5, 5.41) is 13.2. The smallest absolute Gasteiger partial charge is 0.316 e. The Morgan fingerprint density at radius 3 is 2.70 bits per heavy atom. The maximum atomic E-state index is 13.1. The molecule has 0 unspecified atom stereocenters. The minimum absolute atomic E-state index is 0.131. The number of hydrogen-bond donors (Lipinski definition) is 2. The van der Waals surface area contributed by atoms with E-state index in [1.165, 1.54) is 29.1 Å². The van der Waals surface area contributed by atoms with Crippen molar-refractivity contribution in [2.24, 2.45) is 0 Å². The van der Waals surface area contributed by atoms with Crippen molar-refractivity contribution in [3.63, 3.8) is 0 Å². The molecule has 0 aliphatic heterocycles. The van der Waals surface area contributed by atoms with Gasteiger partial charge in [0.2, 0.25) is 0 Å². The van der Waals surface area contributed by atoms with E-state index in [-0.39, 0.29) is 36.9 Å². The van der Waals surface area contributed by atoms with Gasteiger partial charge in [0.05, 0.1) is 11.2 Å². The quantitative estimate of drug-likeness (QED) is 0.585. The van der Waals surface area contributed by atoms with Crippen LogP contribution in [0.4, 0.5) is 4.39 Å². The number of rotatable bonds is 7. The van der Waals surface area contributed by atoms with Gasteiger partial charge in [-0.3, -0.25) is 14.3 Å². The summed E-state index contributed by atoms with van der Waals surface area (Å²) in [6.45, 7) is 0.480. The maximum absolute atomic E-state index is 13.1. The van der Waals surface area contributed by atoms with Crippen LogP contribution in [0, 0.1) is 5.82 Å². The zero-order chi connectivity index (χ0) is 19.2. The molecule has 1 aromatic carbocycles. The molecule has 2 amide bonds. The zero-order valence-electron chi connectivity index (χ0n) is 13.9. The van der Waals surface area contributed by atoms with E-state index in [1.807, 2.05) is 0 Å². The highest BCUT2D eigenvalue weighted by atomic mass is 35.5. The lowest BCUT2D eigenvalue weighted by atomic mass is 10.2. The lowest BCUT2D eigenvalue weighted by Gasteiger charge is -2.05. The molecule has 0 saturated heterocycles. The van der Waals surface area contributed by atoms with Crippen LogP contribution in [0.1, 0.15) is 26.9 Å². The number of halogens is 2. The second kappa shape index (κ2) is 8.41. The minimum atomic E-state index is -0.577. The highest BCUT2D eigenvalue weighted by Gasteiger charge is 2.15. The predicted octanol–water partition coefficient (Wildman–Crippen LogP) is 1.27. The Balaban J connectivity index is 1.43. The molecule has 0 radical (unpaired) electrons. The predicted molar refractivity (Wildman–Crippen MR) is 91.7 cm³/mol. The summed E-state index contributed by atoms with van der Waals surface area (Å²) >= 11 is 5.76. The van der Waals surface area contributed by atoms with Crippen LogP contribution in [0.15, 0.2) is 41.2 Å². The van der Waals surface area contributed by atoms with Gasteiger partial charge in [-0.2, -0.15) is 10.1 Å². The molecule has 0 saturated carbocycles. The molecule has 0 bridgehead atoms. The number of carbonyl (C=O) groups is 2. The molecule has 2 aromatic heterocycles. The van der Waals surface area contributed by atoms with E-state index < -0.39 is 17.6 Å². The number of carbonyl (C=O) groups excluding carboxylic acids is 2. The molecule has 0 aliphatic rings. The monoisotopic (exact) mass is 392 g/mol. The van der Waals surface area contributed by atoms with Gasteiger partial charge < -0.3 is 15.2 Å². The van der Waals surface area contributed by atoms with Crippen LogP contribution in [0.5, 0.6) is 0 Å². The second-order valence-corrected chi connectivity index (χ2v) is 5.83. The Bertz CT molecular complexity index is 957. The van der Waals surface area contributed by atoms with E-state index in [2.05, 4.69) is 25.9 Å². The van der Waals surface area contributed by atoms with Crippen LogP contribution in [0.25, 0.3) is 0 Å². The standard InChI is InChI=1S/C16H14ClFN6O3/c17-11-7-21-24(8-11)9-13-22-16(27-23-13)15(26)20-5-4-19-14(25)10-2-1-3-12(18)6-10/h1-3,6-8H,4-5,9H2,(H,19,25)(H,20,26). The van der Waals surface area contributed by atoms with E-state index in [4.69, 9.17) is 16.1 Å². The molecule has 3 aromatic rings. The van der Waals surface area contributed by atoms with Crippen LogP contribution < -0.4 is 10.6 Å². The van der Waals surface area contributed by atoms with Crippen molar-refractivity contribution in [2.45, 2.75) is 6.54 Å². The lowest BCUT2D eigenvalue weighted by molar-refractivity contribution is 0.0898. The average Bonchev–Trinajstić information content (AvgIpc) is 3.28. The van der Waals surface area contributed by atoms with Crippen molar-refractivity contribution < 1.29 is 18.5 Å². The van der Waals surface area contributed by atoms with Gasteiger partial charge >= 0.3 is 11.8 Å². The molecule has 0 atom stereocenters. The van der Waals surface area contributed by atoms with Gasteiger partial charge in [-0.05, 0) is 18.2 Å². The first kappa shape index (κ1) is 18.5. The molecule has 0 fully saturated rings. The van der Waals surface area contributed by atoms with Gasteiger partial charge in [0, 0.05) is 24.8 Å². The summed E-state index contributed by atoms with van der Waals surface area (Å²) in [6, 6.07) is 5.30. The van der Waals surface area contributed by atoms with E-state index in [1.54, 1.807) is 6.20 Å². The third-order valence-corrected chi connectivity index (χ3v) is 3.55. The number of nitrogens with zero attached hydrogens (tertiary/aromatic N) is 4. The molecular weight excluding hydrogens is 379 g/mol.